The maximum absolute atomic E-state index is 11.5. The van der Waals surface area contributed by atoms with E-state index < -0.39 is 18.0 Å². The van der Waals surface area contributed by atoms with Gasteiger partial charge in [-0.2, -0.15) is 4.89 Å². The van der Waals surface area contributed by atoms with Crippen LogP contribution < -0.4 is 0 Å². The Hall–Kier alpha value is -1.10. The number of carbonyl (C=O) groups excluding carboxylic acids is 1. The second-order valence-electron chi connectivity index (χ2n) is 6.10. The normalized spacial score (nSPS) is 12.1. The van der Waals surface area contributed by atoms with E-state index >= 15 is 0 Å². The first kappa shape index (κ1) is 21.9. The van der Waals surface area contributed by atoms with Crippen LogP contribution in [0, 0.1) is 0 Å². The highest BCUT2D eigenvalue weighted by Crippen LogP contribution is 2.11. The minimum Gasteiger partial charge on any atom is -0.479 e. The van der Waals surface area contributed by atoms with Crippen molar-refractivity contribution in [2.75, 3.05) is 0 Å². The van der Waals surface area contributed by atoms with Crippen LogP contribution in [0.2, 0.25) is 0 Å². The summed E-state index contributed by atoms with van der Waals surface area (Å²) in [7, 11) is 0. The summed E-state index contributed by atoms with van der Waals surface area (Å²) in [5.41, 5.74) is 0. The van der Waals surface area contributed by atoms with Crippen LogP contribution in [0.5, 0.6) is 0 Å². The first-order valence-electron chi connectivity index (χ1n) is 9.20. The fourth-order valence-corrected chi connectivity index (χ4v) is 2.34. The van der Waals surface area contributed by atoms with Gasteiger partial charge in [0.2, 0.25) is 6.10 Å². The highest BCUT2D eigenvalue weighted by molar-refractivity contribution is 5.72. The molecule has 1 atom stereocenters. The second kappa shape index (κ2) is 15.8. The molecule has 5 heteroatoms. The molecule has 1 unspecified atom stereocenters. The van der Waals surface area contributed by atoms with Gasteiger partial charge in [-0.05, 0) is 12.8 Å². The lowest BCUT2D eigenvalue weighted by molar-refractivity contribution is -0.296. The Labute approximate surface area is 140 Å². The number of hydrogen-bond donors (Lipinski definition) is 1. The molecule has 0 aliphatic carbocycles. The van der Waals surface area contributed by atoms with Crippen LogP contribution in [0.1, 0.15) is 97.3 Å². The van der Waals surface area contributed by atoms with Gasteiger partial charge in [0.15, 0.2) is 0 Å². The fraction of sp³-hybridized carbons (Fsp3) is 0.889. The summed E-state index contributed by atoms with van der Waals surface area (Å²) in [6.07, 6.45) is 11.8. The smallest absolute Gasteiger partial charge is 0.342 e. The SMILES string of the molecule is CCCCCCCCCCCC(=O)OOC(CCCC)C(=O)O. The lowest BCUT2D eigenvalue weighted by atomic mass is 10.1. The molecule has 0 radical (unpaired) electrons. The van der Waals surface area contributed by atoms with Gasteiger partial charge in [-0.1, -0.05) is 78.1 Å². The average molecular weight is 330 g/mol. The van der Waals surface area contributed by atoms with Crippen molar-refractivity contribution >= 4 is 11.9 Å². The molecule has 136 valence electrons. The largest absolute Gasteiger partial charge is 0.479 e. The molecule has 0 rings (SSSR count). The van der Waals surface area contributed by atoms with Crippen LogP contribution in [0.25, 0.3) is 0 Å². The van der Waals surface area contributed by atoms with Crippen LogP contribution in [0.15, 0.2) is 0 Å². The van der Waals surface area contributed by atoms with Crippen molar-refractivity contribution < 1.29 is 24.5 Å². The van der Waals surface area contributed by atoms with Crippen LogP contribution in [0.3, 0.4) is 0 Å². The number of carboxylic acids is 1. The third-order valence-corrected chi connectivity index (χ3v) is 3.84. The Morgan fingerprint density at radius 2 is 1.35 bits per heavy atom. The molecule has 5 nitrogen and oxygen atoms in total. The van der Waals surface area contributed by atoms with E-state index in [4.69, 9.17) is 9.99 Å². The quantitative estimate of drug-likeness (QED) is 0.244. The van der Waals surface area contributed by atoms with Crippen LogP contribution in [0.4, 0.5) is 0 Å². The van der Waals surface area contributed by atoms with Gasteiger partial charge in [-0.15, -0.1) is 0 Å². The minimum atomic E-state index is -1.09. The Morgan fingerprint density at radius 1 is 0.826 bits per heavy atom. The van der Waals surface area contributed by atoms with E-state index in [1.807, 2.05) is 6.92 Å². The van der Waals surface area contributed by atoms with Crippen molar-refractivity contribution in [3.63, 3.8) is 0 Å². The number of carboxylic acid groups (broad SMARTS) is 1. The average Bonchev–Trinajstić information content (AvgIpc) is 2.53. The van der Waals surface area contributed by atoms with E-state index in [0.29, 0.717) is 6.42 Å². The van der Waals surface area contributed by atoms with Crippen LogP contribution in [-0.2, 0) is 19.4 Å². The van der Waals surface area contributed by atoms with Gasteiger partial charge >= 0.3 is 11.9 Å². The number of hydrogen-bond acceptors (Lipinski definition) is 4. The van der Waals surface area contributed by atoms with Crippen molar-refractivity contribution in [2.24, 2.45) is 0 Å². The van der Waals surface area contributed by atoms with Gasteiger partial charge in [0, 0.05) is 6.42 Å². The lowest BCUT2D eigenvalue weighted by Gasteiger charge is -2.11. The summed E-state index contributed by atoms with van der Waals surface area (Å²) >= 11 is 0. The van der Waals surface area contributed by atoms with Gasteiger partial charge in [0.1, 0.15) is 0 Å². The molecule has 0 saturated carbocycles. The lowest BCUT2D eigenvalue weighted by Crippen LogP contribution is -2.25. The molecule has 0 spiro atoms. The Morgan fingerprint density at radius 3 is 1.87 bits per heavy atom. The Kier molecular flexibility index (Phi) is 15.0. The number of aliphatic carboxylic acids is 1. The monoisotopic (exact) mass is 330 g/mol. The van der Waals surface area contributed by atoms with Crippen molar-refractivity contribution in [3.8, 4) is 0 Å². The minimum absolute atomic E-state index is 0.288. The summed E-state index contributed by atoms with van der Waals surface area (Å²) in [6, 6.07) is 0. The number of carbonyl (C=O) groups is 2. The first-order chi connectivity index (χ1) is 11.1. The molecule has 0 aliphatic rings. The van der Waals surface area contributed by atoms with Gasteiger partial charge in [0.25, 0.3) is 0 Å². The van der Waals surface area contributed by atoms with Crippen molar-refractivity contribution in [1.29, 1.82) is 0 Å². The van der Waals surface area contributed by atoms with Gasteiger partial charge in [-0.25, -0.2) is 9.59 Å². The summed E-state index contributed by atoms with van der Waals surface area (Å²) in [4.78, 5) is 31.8. The highest BCUT2D eigenvalue weighted by atomic mass is 17.2. The molecule has 0 aromatic rings. The van der Waals surface area contributed by atoms with Crippen LogP contribution in [-0.4, -0.2) is 23.1 Å². The van der Waals surface area contributed by atoms with Crippen molar-refractivity contribution in [2.45, 2.75) is 103 Å². The molecule has 0 aromatic carbocycles. The van der Waals surface area contributed by atoms with Gasteiger partial charge in [0.05, 0.1) is 0 Å². The maximum atomic E-state index is 11.5. The van der Waals surface area contributed by atoms with Crippen molar-refractivity contribution in [1.82, 2.24) is 0 Å². The zero-order valence-corrected chi connectivity index (χ0v) is 14.8. The molecular formula is C18H34O5. The van der Waals surface area contributed by atoms with E-state index in [9.17, 15) is 9.59 Å². The fourth-order valence-electron chi connectivity index (χ4n) is 2.34. The number of unbranched alkanes of at least 4 members (excludes halogenated alkanes) is 9. The molecule has 0 aromatic heterocycles. The molecule has 1 N–H and O–H groups in total. The van der Waals surface area contributed by atoms with Gasteiger partial charge < -0.3 is 5.11 Å². The molecular weight excluding hydrogens is 296 g/mol. The van der Waals surface area contributed by atoms with E-state index in [0.717, 1.165) is 32.1 Å². The molecule has 0 aliphatic heterocycles. The summed E-state index contributed by atoms with van der Waals surface area (Å²) in [6.45, 7) is 4.18. The summed E-state index contributed by atoms with van der Waals surface area (Å²) < 4.78 is 0. The molecule has 0 bridgehead atoms. The predicted molar refractivity (Wildman–Crippen MR) is 90.0 cm³/mol. The summed E-state index contributed by atoms with van der Waals surface area (Å²) in [5, 5.41) is 8.95. The zero-order valence-electron chi connectivity index (χ0n) is 14.8. The Balaban J connectivity index is 3.53. The molecule has 0 heterocycles. The zero-order chi connectivity index (χ0) is 17.3. The first-order valence-corrected chi connectivity index (χ1v) is 9.20. The number of rotatable bonds is 16. The van der Waals surface area contributed by atoms with Gasteiger partial charge in [-0.3, -0.25) is 4.89 Å². The molecule has 23 heavy (non-hydrogen) atoms. The van der Waals surface area contributed by atoms with Crippen LogP contribution >= 0.6 is 0 Å². The van der Waals surface area contributed by atoms with E-state index in [-0.39, 0.29) is 6.42 Å². The highest BCUT2D eigenvalue weighted by Gasteiger charge is 2.20. The summed E-state index contributed by atoms with van der Waals surface area (Å²) in [5.74, 6) is -1.56. The van der Waals surface area contributed by atoms with E-state index in [1.54, 1.807) is 0 Å². The Bertz CT molecular complexity index is 304. The topological polar surface area (TPSA) is 72.8 Å². The predicted octanol–water partition coefficient (Wildman–Crippen LogP) is 5.03. The van der Waals surface area contributed by atoms with E-state index in [1.165, 1.54) is 38.5 Å². The third-order valence-electron chi connectivity index (χ3n) is 3.84. The standard InChI is InChI=1S/C18H34O5/c1-3-5-7-8-9-10-11-12-13-15-17(19)23-22-16(18(20)21)14-6-4-2/h16H,3-15H2,1-2H3,(H,20,21). The van der Waals surface area contributed by atoms with E-state index in [2.05, 4.69) is 11.8 Å². The molecule has 0 saturated heterocycles. The van der Waals surface area contributed by atoms with Crippen molar-refractivity contribution in [3.05, 3.63) is 0 Å². The molecule has 0 fully saturated rings. The maximum Gasteiger partial charge on any atom is 0.342 e. The second-order valence-corrected chi connectivity index (χ2v) is 6.10. The molecule has 0 amide bonds. The third kappa shape index (κ3) is 14.2.